The number of carbonyl (C=O) groups is 2. The van der Waals surface area contributed by atoms with E-state index in [1.807, 2.05) is 36.6 Å². The minimum absolute atomic E-state index is 0.0703. The number of amides is 2. The van der Waals surface area contributed by atoms with E-state index in [1.165, 1.54) is 0 Å². The Hall–Kier alpha value is -2.87. The number of nitrogens with zero attached hydrogens (tertiary/aromatic N) is 2. The number of anilines is 1. The third-order valence-electron chi connectivity index (χ3n) is 5.17. The second-order valence-electron chi connectivity index (χ2n) is 7.30. The van der Waals surface area contributed by atoms with E-state index in [0.29, 0.717) is 38.3 Å². The number of ether oxygens (including phenoxy) is 1. The normalized spacial score (nSPS) is 14.7. The largest absolute Gasteiger partial charge is 0.506 e. The van der Waals surface area contributed by atoms with Gasteiger partial charge in [-0.3, -0.25) is 9.59 Å². The van der Waals surface area contributed by atoms with Crippen molar-refractivity contribution in [2.75, 3.05) is 49.7 Å². The highest BCUT2D eigenvalue weighted by Crippen LogP contribution is 2.27. The van der Waals surface area contributed by atoms with Crippen LogP contribution in [0, 0.1) is 0 Å². The van der Waals surface area contributed by atoms with Crippen LogP contribution in [0.1, 0.15) is 6.42 Å². The van der Waals surface area contributed by atoms with Gasteiger partial charge in [0.25, 0.3) is 5.91 Å². The van der Waals surface area contributed by atoms with E-state index >= 15 is 0 Å². The van der Waals surface area contributed by atoms with Gasteiger partial charge in [-0.05, 0) is 42.7 Å². The second-order valence-corrected chi connectivity index (χ2v) is 8.29. The molecule has 8 heteroatoms. The van der Waals surface area contributed by atoms with Gasteiger partial charge >= 0.3 is 0 Å². The van der Waals surface area contributed by atoms with Crippen LogP contribution in [0.2, 0.25) is 0 Å². The quantitative estimate of drug-likeness (QED) is 0.619. The van der Waals surface area contributed by atoms with Gasteiger partial charge in [0.05, 0.1) is 5.69 Å². The smallest absolute Gasteiger partial charge is 0.258 e. The number of carbonyl (C=O) groups excluding carboxylic acids is 2. The summed E-state index contributed by atoms with van der Waals surface area (Å²) in [4.78, 5) is 29.4. The van der Waals surface area contributed by atoms with Gasteiger partial charge in [0.1, 0.15) is 17.5 Å². The van der Waals surface area contributed by atoms with Gasteiger partial charge in [-0.25, -0.2) is 0 Å². The molecule has 1 heterocycles. The zero-order chi connectivity index (χ0) is 22.1. The van der Waals surface area contributed by atoms with Crippen molar-refractivity contribution >= 4 is 29.3 Å². The van der Waals surface area contributed by atoms with Gasteiger partial charge < -0.3 is 25.0 Å². The standard InChI is InChI=1S/C23H29N3O4S/c1-31-16-11-19(24-22(28)17-30-18-7-3-2-4-8-18)23(29)26-14-12-25(13-15-26)20-9-5-6-10-21(20)27/h2-10,19,27H,11-17H2,1H3,(H,24,28)/t19-/m0/s1. The van der Waals surface area contributed by atoms with Crippen molar-refractivity contribution in [2.24, 2.45) is 0 Å². The van der Waals surface area contributed by atoms with Crippen LogP contribution in [0.4, 0.5) is 5.69 Å². The number of nitrogens with one attached hydrogen (secondary N) is 1. The summed E-state index contributed by atoms with van der Waals surface area (Å²) >= 11 is 1.64. The van der Waals surface area contributed by atoms with Gasteiger partial charge in [-0.1, -0.05) is 30.3 Å². The Bertz CT molecular complexity index is 857. The van der Waals surface area contributed by atoms with Gasteiger partial charge in [-0.15, -0.1) is 0 Å². The first-order valence-corrected chi connectivity index (χ1v) is 11.8. The van der Waals surface area contributed by atoms with Crippen LogP contribution >= 0.6 is 11.8 Å². The SMILES string of the molecule is CSCC[C@H](NC(=O)COc1ccccc1)C(=O)N1CCN(c2ccccc2O)CC1. The average molecular weight is 444 g/mol. The third kappa shape index (κ3) is 6.55. The molecule has 2 aromatic rings. The van der Waals surface area contributed by atoms with Crippen molar-refractivity contribution in [3.8, 4) is 11.5 Å². The number of phenolic OH excluding ortho intramolecular Hbond substituents is 1. The van der Waals surface area contributed by atoms with Crippen LogP contribution in [0.5, 0.6) is 11.5 Å². The zero-order valence-electron chi connectivity index (χ0n) is 17.7. The monoisotopic (exact) mass is 443 g/mol. The van der Waals surface area contributed by atoms with Gasteiger partial charge in [-0.2, -0.15) is 11.8 Å². The molecule has 0 saturated carbocycles. The van der Waals surface area contributed by atoms with Crippen LogP contribution in [0.25, 0.3) is 0 Å². The first-order valence-electron chi connectivity index (χ1n) is 10.4. The molecule has 1 fully saturated rings. The van der Waals surface area contributed by atoms with E-state index in [4.69, 9.17) is 4.74 Å². The summed E-state index contributed by atoms with van der Waals surface area (Å²) in [7, 11) is 0. The maximum atomic E-state index is 13.1. The minimum Gasteiger partial charge on any atom is -0.506 e. The molecule has 0 aromatic heterocycles. The number of hydrogen-bond acceptors (Lipinski definition) is 6. The lowest BCUT2D eigenvalue weighted by Gasteiger charge is -2.37. The Morgan fingerprint density at radius 3 is 2.42 bits per heavy atom. The van der Waals surface area contributed by atoms with Crippen LogP contribution < -0.4 is 15.0 Å². The van der Waals surface area contributed by atoms with Crippen molar-refractivity contribution in [2.45, 2.75) is 12.5 Å². The number of rotatable bonds is 9. The number of hydrogen-bond donors (Lipinski definition) is 2. The van der Waals surface area contributed by atoms with Crippen molar-refractivity contribution < 1.29 is 19.4 Å². The molecule has 2 amide bonds. The molecule has 1 aliphatic heterocycles. The highest BCUT2D eigenvalue weighted by Gasteiger charge is 2.29. The molecule has 1 atom stereocenters. The summed E-state index contributed by atoms with van der Waals surface area (Å²) in [5.74, 6) is 1.25. The first kappa shape index (κ1) is 22.8. The summed E-state index contributed by atoms with van der Waals surface area (Å²) < 4.78 is 5.50. The van der Waals surface area contributed by atoms with E-state index in [2.05, 4.69) is 10.2 Å². The van der Waals surface area contributed by atoms with E-state index in [-0.39, 0.29) is 24.2 Å². The van der Waals surface area contributed by atoms with Crippen LogP contribution in [0.15, 0.2) is 54.6 Å². The number of phenols is 1. The highest BCUT2D eigenvalue weighted by atomic mass is 32.2. The van der Waals surface area contributed by atoms with Gasteiger partial charge in [0.15, 0.2) is 6.61 Å². The number of para-hydroxylation sites is 3. The molecule has 0 aliphatic carbocycles. The summed E-state index contributed by atoms with van der Waals surface area (Å²) in [5, 5.41) is 12.9. The number of piperazine rings is 1. The van der Waals surface area contributed by atoms with E-state index in [0.717, 1.165) is 11.4 Å². The Kier molecular flexibility index (Phi) is 8.46. The maximum absolute atomic E-state index is 13.1. The lowest BCUT2D eigenvalue weighted by molar-refractivity contribution is -0.137. The molecule has 2 aromatic carbocycles. The molecule has 2 N–H and O–H groups in total. The minimum atomic E-state index is -0.573. The van der Waals surface area contributed by atoms with Gasteiger partial charge in [0.2, 0.25) is 5.91 Å². The molecule has 0 unspecified atom stereocenters. The lowest BCUT2D eigenvalue weighted by atomic mass is 10.1. The fourth-order valence-corrected chi connectivity index (χ4v) is 3.99. The van der Waals surface area contributed by atoms with Crippen LogP contribution in [-0.2, 0) is 9.59 Å². The number of benzene rings is 2. The molecule has 0 spiro atoms. The lowest BCUT2D eigenvalue weighted by Crippen LogP contribution is -2.55. The van der Waals surface area contributed by atoms with Crippen molar-refractivity contribution in [3.63, 3.8) is 0 Å². The molecule has 1 saturated heterocycles. The van der Waals surface area contributed by atoms with Crippen LogP contribution in [-0.4, -0.2) is 72.7 Å². The fourth-order valence-electron chi connectivity index (χ4n) is 3.51. The van der Waals surface area contributed by atoms with Crippen molar-refractivity contribution in [3.05, 3.63) is 54.6 Å². The Balaban J connectivity index is 1.54. The second kappa shape index (κ2) is 11.5. The summed E-state index contributed by atoms with van der Waals surface area (Å²) in [6.45, 7) is 2.21. The molecular weight excluding hydrogens is 414 g/mol. The maximum Gasteiger partial charge on any atom is 0.258 e. The first-order chi connectivity index (χ1) is 15.1. The molecule has 0 radical (unpaired) electrons. The summed E-state index contributed by atoms with van der Waals surface area (Å²) in [6, 6.07) is 15.8. The van der Waals surface area contributed by atoms with E-state index < -0.39 is 6.04 Å². The van der Waals surface area contributed by atoms with Gasteiger partial charge in [0, 0.05) is 26.2 Å². The predicted molar refractivity (Wildman–Crippen MR) is 124 cm³/mol. The van der Waals surface area contributed by atoms with E-state index in [1.54, 1.807) is 40.9 Å². The highest BCUT2D eigenvalue weighted by molar-refractivity contribution is 7.98. The molecule has 3 rings (SSSR count). The number of aromatic hydroxyl groups is 1. The Labute approximate surface area is 187 Å². The van der Waals surface area contributed by atoms with Crippen LogP contribution in [0.3, 0.4) is 0 Å². The molecule has 0 bridgehead atoms. The molecule has 1 aliphatic rings. The topological polar surface area (TPSA) is 82.1 Å². The molecule has 166 valence electrons. The number of thioether (sulfide) groups is 1. The zero-order valence-corrected chi connectivity index (χ0v) is 18.5. The summed E-state index contributed by atoms with van der Waals surface area (Å²) in [6.07, 6.45) is 2.55. The molecule has 7 nitrogen and oxygen atoms in total. The van der Waals surface area contributed by atoms with Crippen molar-refractivity contribution in [1.82, 2.24) is 10.2 Å². The average Bonchev–Trinajstić information content (AvgIpc) is 2.81. The molecule has 31 heavy (non-hydrogen) atoms. The molecular formula is C23H29N3O4S. The Morgan fingerprint density at radius 2 is 1.74 bits per heavy atom. The summed E-state index contributed by atoms with van der Waals surface area (Å²) in [5.41, 5.74) is 0.778. The van der Waals surface area contributed by atoms with Crippen molar-refractivity contribution in [1.29, 1.82) is 0 Å². The predicted octanol–water partition coefficient (Wildman–Crippen LogP) is 2.36. The van der Waals surface area contributed by atoms with E-state index in [9.17, 15) is 14.7 Å². The Morgan fingerprint density at radius 1 is 1.06 bits per heavy atom. The fraction of sp³-hybridized carbons (Fsp3) is 0.391. The third-order valence-corrected chi connectivity index (χ3v) is 5.81.